The molecule has 176 valence electrons. The Hall–Kier alpha value is -3.82. The predicted molar refractivity (Wildman–Crippen MR) is 123 cm³/mol. The minimum absolute atomic E-state index is 0.167. The van der Waals surface area contributed by atoms with Gasteiger partial charge in [-0.25, -0.2) is 18.9 Å². The van der Waals surface area contributed by atoms with Gasteiger partial charge in [-0.1, -0.05) is 6.92 Å². The van der Waals surface area contributed by atoms with E-state index in [1.54, 1.807) is 17.7 Å². The molecule has 1 saturated carbocycles. The quantitative estimate of drug-likeness (QED) is 0.448. The van der Waals surface area contributed by atoms with Gasteiger partial charge < -0.3 is 10.1 Å². The summed E-state index contributed by atoms with van der Waals surface area (Å²) in [4.78, 5) is 21.7. The van der Waals surface area contributed by atoms with Crippen molar-refractivity contribution in [2.45, 2.75) is 39.0 Å². The first-order chi connectivity index (χ1) is 16.4. The average Bonchev–Trinajstić information content (AvgIpc) is 3.52. The summed E-state index contributed by atoms with van der Waals surface area (Å²) in [5.41, 5.74) is 3.45. The van der Waals surface area contributed by atoms with E-state index >= 15 is 0 Å². The number of anilines is 1. The zero-order chi connectivity index (χ0) is 23.8. The number of H-pyrrole nitrogens is 1. The van der Waals surface area contributed by atoms with Crippen LogP contribution in [0.2, 0.25) is 0 Å². The highest BCUT2D eigenvalue weighted by Gasteiger charge is 2.36. The Labute approximate surface area is 195 Å². The van der Waals surface area contributed by atoms with Gasteiger partial charge >= 0.3 is 0 Å². The highest BCUT2D eigenvalue weighted by molar-refractivity contribution is 6.07. The van der Waals surface area contributed by atoms with Crippen LogP contribution in [0, 0.1) is 24.6 Å². The molecule has 0 spiro atoms. The highest BCUT2D eigenvalue weighted by atomic mass is 19.1. The average molecular weight is 464 g/mol. The third-order valence-corrected chi connectivity index (χ3v) is 6.76. The van der Waals surface area contributed by atoms with Crippen molar-refractivity contribution in [3.8, 4) is 5.88 Å². The second-order valence-electron chi connectivity index (χ2n) is 8.89. The van der Waals surface area contributed by atoms with Gasteiger partial charge in [0.2, 0.25) is 5.88 Å². The summed E-state index contributed by atoms with van der Waals surface area (Å²) < 4.78 is 20.9. The number of fused-ring (bicyclic) bond motifs is 1. The fourth-order valence-corrected chi connectivity index (χ4v) is 4.97. The fourth-order valence-electron chi connectivity index (χ4n) is 4.97. The molecule has 0 saturated heterocycles. The van der Waals surface area contributed by atoms with E-state index in [1.807, 2.05) is 19.2 Å². The van der Waals surface area contributed by atoms with Gasteiger partial charge in [-0.3, -0.25) is 9.89 Å². The number of rotatable bonds is 6. The third kappa shape index (κ3) is 4.11. The molecule has 3 atom stereocenters. The fraction of sp³-hybridized carbons (Fsp3) is 0.375. The van der Waals surface area contributed by atoms with E-state index in [0.29, 0.717) is 34.7 Å². The largest absolute Gasteiger partial charge is 0.481 e. The zero-order valence-corrected chi connectivity index (χ0v) is 19.2. The van der Waals surface area contributed by atoms with Crippen LogP contribution in [0.1, 0.15) is 53.0 Å². The Morgan fingerprint density at radius 3 is 2.94 bits per heavy atom. The maximum atomic E-state index is 13.9. The number of nitrogens with one attached hydrogen (secondary N) is 2. The van der Waals surface area contributed by atoms with Crippen molar-refractivity contribution in [1.82, 2.24) is 29.8 Å². The molecule has 0 aliphatic heterocycles. The lowest BCUT2D eigenvalue weighted by Gasteiger charge is -2.22. The maximum absolute atomic E-state index is 13.9. The highest BCUT2D eigenvalue weighted by Crippen LogP contribution is 2.46. The summed E-state index contributed by atoms with van der Waals surface area (Å²) >= 11 is 0. The van der Waals surface area contributed by atoms with Crippen LogP contribution in [-0.2, 0) is 6.42 Å². The monoisotopic (exact) mass is 463 g/mol. The molecule has 10 heteroatoms. The van der Waals surface area contributed by atoms with Crippen LogP contribution < -0.4 is 10.1 Å². The van der Waals surface area contributed by atoms with Crippen LogP contribution in [0.5, 0.6) is 5.88 Å². The smallest absolute Gasteiger partial charge is 0.262 e. The molecule has 2 N–H and O–H groups in total. The van der Waals surface area contributed by atoms with Gasteiger partial charge in [0.1, 0.15) is 11.4 Å². The van der Waals surface area contributed by atoms with Crippen LogP contribution in [0.4, 0.5) is 10.2 Å². The molecule has 9 nitrogen and oxygen atoms in total. The molecule has 0 radical (unpaired) electrons. The number of hydrogen-bond acceptors (Lipinski definition) is 6. The standard InChI is InChI=1S/C24H26FN7O2/c1-13-8-21(31-30-13)29-23(33)20-12-27-32-7-6-17(28-22(20)32)9-15-4-5-18(14(15)2)19-10-16(25)11-26-24(19)34-3/h6-8,10-12,14-15,18H,4-5,9H2,1-3H3,(H2,29,30,31,33). The first kappa shape index (κ1) is 22.0. The van der Waals surface area contributed by atoms with E-state index in [0.717, 1.165) is 36.2 Å². The van der Waals surface area contributed by atoms with Crippen molar-refractivity contribution in [3.63, 3.8) is 0 Å². The normalized spacial score (nSPS) is 20.1. The number of ether oxygens (including phenoxy) is 1. The van der Waals surface area contributed by atoms with Crippen molar-refractivity contribution >= 4 is 17.4 Å². The Morgan fingerprint density at radius 1 is 1.32 bits per heavy atom. The van der Waals surface area contributed by atoms with Crippen LogP contribution in [-0.4, -0.2) is 42.8 Å². The van der Waals surface area contributed by atoms with Gasteiger partial charge in [0.25, 0.3) is 5.91 Å². The topological polar surface area (TPSA) is 110 Å². The van der Waals surface area contributed by atoms with E-state index in [1.165, 1.54) is 18.5 Å². The summed E-state index contributed by atoms with van der Waals surface area (Å²) in [5.74, 6) is 1.10. The van der Waals surface area contributed by atoms with Crippen LogP contribution >= 0.6 is 0 Å². The lowest BCUT2D eigenvalue weighted by Crippen LogP contribution is -2.15. The number of aryl methyl sites for hydroxylation is 1. The number of pyridine rings is 1. The Balaban J connectivity index is 1.35. The number of methoxy groups -OCH3 is 1. The lowest BCUT2D eigenvalue weighted by molar-refractivity contribution is 0.102. The summed E-state index contributed by atoms with van der Waals surface area (Å²) in [6, 6.07) is 5.23. The maximum Gasteiger partial charge on any atom is 0.262 e. The molecule has 0 aromatic carbocycles. The van der Waals surface area contributed by atoms with E-state index in [-0.39, 0.29) is 17.6 Å². The van der Waals surface area contributed by atoms with Gasteiger partial charge in [-0.2, -0.15) is 10.2 Å². The Bertz CT molecular complexity index is 1350. The number of aromatic amines is 1. The van der Waals surface area contributed by atoms with Gasteiger partial charge in [-0.15, -0.1) is 0 Å². The molecule has 1 aliphatic rings. The minimum Gasteiger partial charge on any atom is -0.481 e. The number of carbonyl (C=O) groups excluding carboxylic acids is 1. The molecular weight excluding hydrogens is 437 g/mol. The van der Waals surface area contributed by atoms with Crippen LogP contribution in [0.3, 0.4) is 0 Å². The number of amides is 1. The second kappa shape index (κ2) is 8.85. The van der Waals surface area contributed by atoms with E-state index < -0.39 is 0 Å². The Kier molecular flexibility index (Phi) is 5.72. The predicted octanol–water partition coefficient (Wildman–Crippen LogP) is 3.93. The SMILES string of the molecule is COc1ncc(F)cc1C1CCC(Cc2ccn3ncc(C(=O)Nc4cc(C)[nH]n4)c3n2)C1C. The van der Waals surface area contributed by atoms with E-state index in [2.05, 4.69) is 32.5 Å². The number of aromatic nitrogens is 6. The molecule has 0 bridgehead atoms. The molecule has 4 aromatic rings. The third-order valence-electron chi connectivity index (χ3n) is 6.76. The van der Waals surface area contributed by atoms with Crippen molar-refractivity contribution in [3.05, 3.63) is 65.1 Å². The first-order valence-corrected chi connectivity index (χ1v) is 11.3. The van der Waals surface area contributed by atoms with Gasteiger partial charge in [0.05, 0.1) is 19.5 Å². The summed E-state index contributed by atoms with van der Waals surface area (Å²) in [6.07, 6.45) is 7.19. The molecule has 4 aromatic heterocycles. The van der Waals surface area contributed by atoms with Gasteiger partial charge in [0.15, 0.2) is 11.5 Å². The molecule has 5 rings (SSSR count). The molecule has 1 fully saturated rings. The molecule has 34 heavy (non-hydrogen) atoms. The van der Waals surface area contributed by atoms with Crippen molar-refractivity contribution in [1.29, 1.82) is 0 Å². The lowest BCUT2D eigenvalue weighted by atomic mass is 9.85. The zero-order valence-electron chi connectivity index (χ0n) is 19.2. The minimum atomic E-state index is -0.352. The summed E-state index contributed by atoms with van der Waals surface area (Å²) in [6.45, 7) is 4.05. The molecule has 1 amide bonds. The Morgan fingerprint density at radius 2 is 2.18 bits per heavy atom. The number of halogens is 1. The number of nitrogens with zero attached hydrogens (tertiary/aromatic N) is 5. The van der Waals surface area contributed by atoms with Crippen molar-refractivity contribution < 1.29 is 13.9 Å². The molecule has 1 aliphatic carbocycles. The number of hydrogen-bond donors (Lipinski definition) is 2. The molecular formula is C24H26FN7O2. The molecule has 3 unspecified atom stereocenters. The van der Waals surface area contributed by atoms with Crippen molar-refractivity contribution in [2.75, 3.05) is 12.4 Å². The first-order valence-electron chi connectivity index (χ1n) is 11.3. The summed E-state index contributed by atoms with van der Waals surface area (Å²) in [5, 5.41) is 13.9. The van der Waals surface area contributed by atoms with Crippen LogP contribution in [0.25, 0.3) is 5.65 Å². The van der Waals surface area contributed by atoms with Crippen molar-refractivity contribution in [2.24, 2.45) is 11.8 Å². The van der Waals surface area contributed by atoms with E-state index in [4.69, 9.17) is 9.72 Å². The second-order valence-corrected chi connectivity index (χ2v) is 8.89. The van der Waals surface area contributed by atoms with Crippen LogP contribution in [0.15, 0.2) is 36.8 Å². The summed E-state index contributed by atoms with van der Waals surface area (Å²) in [7, 11) is 1.56. The molecule has 4 heterocycles. The van der Waals surface area contributed by atoms with Gasteiger partial charge in [-0.05, 0) is 56.1 Å². The van der Waals surface area contributed by atoms with Gasteiger partial charge in [0, 0.05) is 29.2 Å². The number of carbonyl (C=O) groups is 1. The van der Waals surface area contributed by atoms with E-state index in [9.17, 15) is 9.18 Å².